The monoisotopic (exact) mass is 386 g/mol. The molecule has 2 N–H and O–H groups in total. The molecule has 6 nitrogen and oxygen atoms in total. The highest BCUT2D eigenvalue weighted by atomic mass is 35.5. The standard InChI is InChI=1S/C17H20Cl2N2O4/c1-9(17(24)25)10(2)20-15(22)14-4-3-7-21(14)16(23)11-5-6-12(18)13(19)8-11/h5-6,8-10,14H,3-4,7H2,1-2H3,(H,20,22)(H,24,25). The number of nitrogens with zero attached hydrogens (tertiary/aromatic N) is 1. The minimum absolute atomic E-state index is 0.275. The number of amides is 2. The zero-order valence-corrected chi connectivity index (χ0v) is 15.5. The Morgan fingerprint density at radius 3 is 2.52 bits per heavy atom. The number of rotatable bonds is 5. The lowest BCUT2D eigenvalue weighted by atomic mass is 10.0. The highest BCUT2D eigenvalue weighted by molar-refractivity contribution is 6.42. The quantitative estimate of drug-likeness (QED) is 0.814. The van der Waals surface area contributed by atoms with Crippen LogP contribution in [0.5, 0.6) is 0 Å². The van der Waals surface area contributed by atoms with E-state index in [4.69, 9.17) is 28.3 Å². The molecule has 0 spiro atoms. The summed E-state index contributed by atoms with van der Waals surface area (Å²) in [5, 5.41) is 12.4. The van der Waals surface area contributed by atoms with Gasteiger partial charge < -0.3 is 15.3 Å². The Morgan fingerprint density at radius 1 is 1.24 bits per heavy atom. The molecular weight excluding hydrogens is 367 g/mol. The van der Waals surface area contributed by atoms with Crippen molar-refractivity contribution in [2.75, 3.05) is 6.54 Å². The first-order valence-electron chi connectivity index (χ1n) is 8.01. The summed E-state index contributed by atoms with van der Waals surface area (Å²) in [5.41, 5.74) is 0.362. The Kier molecular flexibility index (Phi) is 6.30. The Morgan fingerprint density at radius 2 is 1.92 bits per heavy atom. The van der Waals surface area contributed by atoms with Gasteiger partial charge in [-0.2, -0.15) is 0 Å². The van der Waals surface area contributed by atoms with Crippen LogP contribution in [0.15, 0.2) is 18.2 Å². The minimum Gasteiger partial charge on any atom is -0.481 e. The number of carbonyl (C=O) groups is 3. The van der Waals surface area contributed by atoms with Crippen molar-refractivity contribution in [3.05, 3.63) is 33.8 Å². The molecule has 25 heavy (non-hydrogen) atoms. The number of benzene rings is 1. The van der Waals surface area contributed by atoms with Crippen LogP contribution in [0.1, 0.15) is 37.0 Å². The number of hydrogen-bond acceptors (Lipinski definition) is 3. The van der Waals surface area contributed by atoms with Gasteiger partial charge in [0.25, 0.3) is 5.91 Å². The highest BCUT2D eigenvalue weighted by Crippen LogP contribution is 2.26. The third-order valence-electron chi connectivity index (χ3n) is 4.49. The van der Waals surface area contributed by atoms with Crippen molar-refractivity contribution in [2.45, 2.75) is 38.8 Å². The average Bonchev–Trinajstić information content (AvgIpc) is 3.05. The van der Waals surface area contributed by atoms with Crippen LogP contribution in [0.4, 0.5) is 0 Å². The first-order valence-corrected chi connectivity index (χ1v) is 8.77. The zero-order chi connectivity index (χ0) is 18.7. The molecule has 1 aromatic carbocycles. The number of aliphatic carboxylic acids is 1. The van der Waals surface area contributed by atoms with E-state index in [0.29, 0.717) is 30.0 Å². The van der Waals surface area contributed by atoms with Crippen molar-refractivity contribution in [1.82, 2.24) is 10.2 Å². The number of halogens is 2. The molecule has 1 aromatic rings. The number of likely N-dealkylation sites (tertiary alicyclic amines) is 1. The van der Waals surface area contributed by atoms with E-state index in [2.05, 4.69) is 5.32 Å². The van der Waals surface area contributed by atoms with Crippen LogP contribution in [0.25, 0.3) is 0 Å². The summed E-state index contributed by atoms with van der Waals surface area (Å²) in [4.78, 5) is 37.7. The molecule has 0 saturated carbocycles. The SMILES string of the molecule is CC(NC(=O)C1CCCN1C(=O)c1ccc(Cl)c(Cl)c1)C(C)C(=O)O. The van der Waals surface area contributed by atoms with Crippen LogP contribution in [0.2, 0.25) is 10.0 Å². The summed E-state index contributed by atoms with van der Waals surface area (Å²) in [6.07, 6.45) is 1.24. The van der Waals surface area contributed by atoms with E-state index in [1.54, 1.807) is 19.1 Å². The normalized spacial score (nSPS) is 19.4. The molecule has 136 valence electrons. The van der Waals surface area contributed by atoms with E-state index in [0.717, 1.165) is 0 Å². The molecule has 1 saturated heterocycles. The van der Waals surface area contributed by atoms with Crippen molar-refractivity contribution in [2.24, 2.45) is 5.92 Å². The number of nitrogens with one attached hydrogen (secondary N) is 1. The van der Waals surface area contributed by atoms with E-state index in [1.807, 2.05) is 0 Å². The van der Waals surface area contributed by atoms with Gasteiger partial charge >= 0.3 is 5.97 Å². The minimum atomic E-state index is -0.983. The van der Waals surface area contributed by atoms with Gasteiger partial charge in [-0.05, 0) is 44.9 Å². The van der Waals surface area contributed by atoms with Gasteiger partial charge in [0.05, 0.1) is 16.0 Å². The third kappa shape index (κ3) is 4.44. The molecule has 2 rings (SSSR count). The molecule has 0 bridgehead atoms. The van der Waals surface area contributed by atoms with Gasteiger partial charge in [-0.15, -0.1) is 0 Å². The van der Waals surface area contributed by atoms with E-state index in [9.17, 15) is 14.4 Å². The molecule has 1 aliphatic rings. The lowest BCUT2D eigenvalue weighted by Gasteiger charge is -2.26. The fraction of sp³-hybridized carbons (Fsp3) is 0.471. The van der Waals surface area contributed by atoms with Crippen molar-refractivity contribution >= 4 is 41.0 Å². The molecule has 0 aliphatic carbocycles. The maximum absolute atomic E-state index is 12.7. The average molecular weight is 387 g/mol. The first-order chi connectivity index (χ1) is 11.7. The van der Waals surface area contributed by atoms with Crippen molar-refractivity contribution in [3.8, 4) is 0 Å². The second kappa shape index (κ2) is 8.06. The number of hydrogen-bond donors (Lipinski definition) is 2. The molecule has 3 unspecified atom stereocenters. The van der Waals surface area contributed by atoms with Crippen LogP contribution in [0, 0.1) is 5.92 Å². The number of carbonyl (C=O) groups excluding carboxylic acids is 2. The Labute approximate surface area is 156 Å². The maximum Gasteiger partial charge on any atom is 0.308 e. The maximum atomic E-state index is 12.7. The molecule has 2 amide bonds. The molecular formula is C17H20Cl2N2O4. The molecule has 8 heteroatoms. The Bertz CT molecular complexity index is 695. The second-order valence-electron chi connectivity index (χ2n) is 6.21. The summed E-state index contributed by atoms with van der Waals surface area (Å²) >= 11 is 11.8. The van der Waals surface area contributed by atoms with Gasteiger partial charge in [0.1, 0.15) is 6.04 Å². The van der Waals surface area contributed by atoms with Crippen molar-refractivity contribution in [1.29, 1.82) is 0 Å². The van der Waals surface area contributed by atoms with Gasteiger partial charge in [0.15, 0.2) is 0 Å². The zero-order valence-electron chi connectivity index (χ0n) is 14.0. The van der Waals surface area contributed by atoms with Gasteiger partial charge in [-0.25, -0.2) is 0 Å². The Hall–Kier alpha value is -1.79. The smallest absolute Gasteiger partial charge is 0.308 e. The molecule has 0 radical (unpaired) electrons. The number of carboxylic acid groups (broad SMARTS) is 1. The van der Waals surface area contributed by atoms with Gasteiger partial charge in [-0.3, -0.25) is 14.4 Å². The fourth-order valence-electron chi connectivity index (χ4n) is 2.74. The predicted octanol–water partition coefficient (Wildman–Crippen LogP) is 2.82. The highest BCUT2D eigenvalue weighted by Gasteiger charge is 2.36. The summed E-state index contributed by atoms with van der Waals surface area (Å²) < 4.78 is 0. The van der Waals surface area contributed by atoms with Crippen LogP contribution >= 0.6 is 23.2 Å². The lowest BCUT2D eigenvalue weighted by Crippen LogP contribution is -2.50. The van der Waals surface area contributed by atoms with Crippen LogP contribution in [-0.2, 0) is 9.59 Å². The summed E-state index contributed by atoms with van der Waals surface area (Å²) in [7, 11) is 0. The molecule has 1 heterocycles. The van der Waals surface area contributed by atoms with E-state index in [1.165, 1.54) is 17.9 Å². The van der Waals surface area contributed by atoms with Crippen molar-refractivity contribution in [3.63, 3.8) is 0 Å². The third-order valence-corrected chi connectivity index (χ3v) is 5.23. The van der Waals surface area contributed by atoms with Gasteiger partial charge in [0, 0.05) is 18.2 Å². The second-order valence-corrected chi connectivity index (χ2v) is 7.02. The lowest BCUT2D eigenvalue weighted by molar-refractivity contribution is -0.142. The van der Waals surface area contributed by atoms with Gasteiger partial charge in [-0.1, -0.05) is 23.2 Å². The first kappa shape index (κ1) is 19.5. The van der Waals surface area contributed by atoms with Gasteiger partial charge in [0.2, 0.25) is 5.91 Å². The van der Waals surface area contributed by atoms with Crippen LogP contribution in [0.3, 0.4) is 0 Å². The van der Waals surface area contributed by atoms with E-state index in [-0.39, 0.29) is 16.8 Å². The molecule has 3 atom stereocenters. The fourth-order valence-corrected chi connectivity index (χ4v) is 3.03. The van der Waals surface area contributed by atoms with Crippen LogP contribution in [-0.4, -0.2) is 46.4 Å². The van der Waals surface area contributed by atoms with E-state index >= 15 is 0 Å². The summed E-state index contributed by atoms with van der Waals surface area (Å²) in [6.45, 7) is 3.62. The number of carboxylic acids is 1. The predicted molar refractivity (Wildman–Crippen MR) is 94.9 cm³/mol. The molecule has 0 aromatic heterocycles. The largest absolute Gasteiger partial charge is 0.481 e. The molecule has 1 fully saturated rings. The topological polar surface area (TPSA) is 86.7 Å². The van der Waals surface area contributed by atoms with Crippen molar-refractivity contribution < 1.29 is 19.5 Å². The molecule has 1 aliphatic heterocycles. The summed E-state index contributed by atoms with van der Waals surface area (Å²) in [5.74, 6) is -2.34. The summed E-state index contributed by atoms with van der Waals surface area (Å²) in [6, 6.07) is 3.44. The van der Waals surface area contributed by atoms with Crippen LogP contribution < -0.4 is 5.32 Å². The Balaban J connectivity index is 2.10. The van der Waals surface area contributed by atoms with E-state index < -0.39 is 24.0 Å².